The Hall–Kier alpha value is -1.13. The third-order valence-electron chi connectivity index (χ3n) is 2.96. The Labute approximate surface area is 121 Å². The van der Waals surface area contributed by atoms with Crippen molar-refractivity contribution in [3.63, 3.8) is 0 Å². The topological polar surface area (TPSA) is 53.4 Å². The second-order valence-corrected chi connectivity index (χ2v) is 5.19. The average Bonchev–Trinajstić information content (AvgIpc) is 2.43. The largest absolute Gasteiger partial charge is 0.393 e. The maximum absolute atomic E-state index is 10.6. The van der Waals surface area contributed by atoms with E-state index in [0.717, 1.165) is 0 Å². The average molecular weight is 298 g/mol. The first-order valence-electron chi connectivity index (χ1n) is 5.73. The van der Waals surface area contributed by atoms with E-state index >= 15 is 0 Å². The minimum Gasteiger partial charge on any atom is -0.393 e. The van der Waals surface area contributed by atoms with Gasteiger partial charge < -0.3 is 10.2 Å². The van der Waals surface area contributed by atoms with Crippen molar-refractivity contribution in [3.8, 4) is 0 Å². The van der Waals surface area contributed by atoms with Gasteiger partial charge in [-0.2, -0.15) is 0 Å². The molecule has 0 saturated carbocycles. The van der Waals surface area contributed by atoms with E-state index in [2.05, 4.69) is 4.98 Å². The van der Waals surface area contributed by atoms with Gasteiger partial charge in [-0.25, -0.2) is 0 Å². The van der Waals surface area contributed by atoms with E-state index in [1.807, 2.05) is 0 Å². The molecule has 0 radical (unpaired) electrons. The zero-order valence-electron chi connectivity index (χ0n) is 10.1. The Morgan fingerprint density at radius 3 is 2.58 bits per heavy atom. The quantitative estimate of drug-likeness (QED) is 0.912. The molecule has 0 bridgehead atoms. The highest BCUT2D eigenvalue weighted by atomic mass is 35.5. The summed E-state index contributed by atoms with van der Waals surface area (Å²) in [5.41, 5.74) is -0.152. The van der Waals surface area contributed by atoms with Gasteiger partial charge in [-0.3, -0.25) is 4.98 Å². The van der Waals surface area contributed by atoms with E-state index in [1.54, 1.807) is 36.5 Å². The van der Waals surface area contributed by atoms with Crippen molar-refractivity contribution in [3.05, 3.63) is 63.9 Å². The van der Waals surface area contributed by atoms with Gasteiger partial charge >= 0.3 is 0 Å². The normalized spacial score (nSPS) is 14.1. The number of benzene rings is 1. The van der Waals surface area contributed by atoms with Crippen LogP contribution in [0.1, 0.15) is 11.1 Å². The predicted octanol–water partition coefficient (Wildman–Crippen LogP) is 2.81. The Kier molecular flexibility index (Phi) is 4.42. The van der Waals surface area contributed by atoms with Crippen LogP contribution in [-0.2, 0) is 12.0 Å². The molecule has 0 aliphatic carbocycles. The van der Waals surface area contributed by atoms with Crippen LogP contribution >= 0.6 is 23.2 Å². The van der Waals surface area contributed by atoms with Crippen molar-refractivity contribution in [1.82, 2.24) is 4.98 Å². The number of aromatic nitrogens is 1. The Morgan fingerprint density at radius 2 is 2.00 bits per heavy atom. The lowest BCUT2D eigenvalue weighted by Gasteiger charge is -2.26. The molecule has 0 saturated heterocycles. The molecule has 19 heavy (non-hydrogen) atoms. The molecular weight excluding hydrogens is 285 g/mol. The number of pyridine rings is 1. The van der Waals surface area contributed by atoms with Crippen LogP contribution in [0.3, 0.4) is 0 Å². The lowest BCUT2D eigenvalue weighted by Crippen LogP contribution is -2.33. The molecule has 2 aromatic rings. The van der Waals surface area contributed by atoms with Crippen molar-refractivity contribution in [2.24, 2.45) is 0 Å². The van der Waals surface area contributed by atoms with E-state index < -0.39 is 12.2 Å². The van der Waals surface area contributed by atoms with Gasteiger partial charge in [0.1, 0.15) is 5.60 Å². The molecule has 2 rings (SSSR count). The van der Waals surface area contributed by atoms with E-state index in [4.69, 9.17) is 23.2 Å². The van der Waals surface area contributed by atoms with Gasteiger partial charge in [0.2, 0.25) is 0 Å². The highest BCUT2D eigenvalue weighted by molar-refractivity contribution is 6.35. The summed E-state index contributed by atoms with van der Waals surface area (Å²) in [6, 6.07) is 8.47. The van der Waals surface area contributed by atoms with Crippen LogP contribution < -0.4 is 0 Å². The predicted molar refractivity (Wildman–Crippen MR) is 75.4 cm³/mol. The van der Waals surface area contributed by atoms with Gasteiger partial charge in [0, 0.05) is 34.4 Å². The first kappa shape index (κ1) is 14.3. The third kappa shape index (κ3) is 3.25. The molecule has 2 N–H and O–H groups in total. The summed E-state index contributed by atoms with van der Waals surface area (Å²) >= 11 is 11.9. The van der Waals surface area contributed by atoms with Crippen molar-refractivity contribution < 1.29 is 10.2 Å². The van der Waals surface area contributed by atoms with E-state index in [9.17, 15) is 10.2 Å². The molecule has 0 spiro atoms. The number of aliphatic hydroxyl groups is 2. The standard InChI is InChI=1S/C14H13Cl2NO2/c15-12-4-3-10(13(16)6-12)7-14(19,9-18)11-2-1-5-17-8-11/h1-6,8,18-19H,7,9H2. The summed E-state index contributed by atoms with van der Waals surface area (Å²) in [6.45, 7) is -0.419. The molecule has 1 unspecified atom stereocenters. The maximum atomic E-state index is 10.6. The van der Waals surface area contributed by atoms with Crippen molar-refractivity contribution in [2.75, 3.05) is 6.61 Å². The van der Waals surface area contributed by atoms with Crippen molar-refractivity contribution >= 4 is 23.2 Å². The number of rotatable bonds is 4. The van der Waals surface area contributed by atoms with E-state index in [1.165, 1.54) is 6.20 Å². The monoisotopic (exact) mass is 297 g/mol. The summed E-state index contributed by atoms with van der Waals surface area (Å²) in [5, 5.41) is 21.0. The molecule has 100 valence electrons. The smallest absolute Gasteiger partial charge is 0.118 e. The minimum atomic E-state index is -1.41. The van der Waals surface area contributed by atoms with Crippen LogP contribution in [-0.4, -0.2) is 21.8 Å². The molecule has 0 fully saturated rings. The molecule has 1 aromatic heterocycles. The van der Waals surface area contributed by atoms with E-state index in [-0.39, 0.29) is 6.42 Å². The Balaban J connectivity index is 2.33. The van der Waals surface area contributed by atoms with Gasteiger partial charge in [0.05, 0.1) is 6.61 Å². The highest BCUT2D eigenvalue weighted by Gasteiger charge is 2.29. The highest BCUT2D eigenvalue weighted by Crippen LogP contribution is 2.29. The molecular formula is C14H13Cl2NO2. The fraction of sp³-hybridized carbons (Fsp3) is 0.214. The lowest BCUT2D eigenvalue weighted by molar-refractivity contribution is -0.0190. The summed E-state index contributed by atoms with van der Waals surface area (Å²) in [5.74, 6) is 0. The zero-order valence-corrected chi connectivity index (χ0v) is 11.6. The second kappa shape index (κ2) is 5.88. The molecule has 1 atom stereocenters. The fourth-order valence-corrected chi connectivity index (χ4v) is 2.34. The van der Waals surface area contributed by atoms with Gasteiger partial charge in [0.25, 0.3) is 0 Å². The van der Waals surface area contributed by atoms with Crippen molar-refractivity contribution in [2.45, 2.75) is 12.0 Å². The minimum absolute atomic E-state index is 0.186. The maximum Gasteiger partial charge on any atom is 0.118 e. The summed E-state index contributed by atoms with van der Waals surface area (Å²) in [6.07, 6.45) is 3.32. The number of hydrogen-bond donors (Lipinski definition) is 2. The first-order valence-corrected chi connectivity index (χ1v) is 6.48. The van der Waals surface area contributed by atoms with Gasteiger partial charge in [-0.05, 0) is 23.8 Å². The summed E-state index contributed by atoms with van der Waals surface area (Å²) in [4.78, 5) is 3.95. The SMILES string of the molecule is OCC(O)(Cc1ccc(Cl)cc1Cl)c1cccnc1. The molecule has 3 nitrogen and oxygen atoms in total. The van der Waals surface area contributed by atoms with Crippen LogP contribution in [0.15, 0.2) is 42.7 Å². The lowest BCUT2D eigenvalue weighted by atomic mass is 9.89. The third-order valence-corrected chi connectivity index (χ3v) is 3.55. The summed E-state index contributed by atoms with van der Waals surface area (Å²) in [7, 11) is 0. The Bertz CT molecular complexity index is 563. The Morgan fingerprint density at radius 1 is 1.21 bits per heavy atom. The molecule has 1 heterocycles. The second-order valence-electron chi connectivity index (χ2n) is 4.34. The molecule has 0 aliphatic rings. The molecule has 0 aliphatic heterocycles. The number of nitrogens with zero attached hydrogens (tertiary/aromatic N) is 1. The van der Waals surface area contributed by atoms with Crippen LogP contribution in [0.4, 0.5) is 0 Å². The van der Waals surface area contributed by atoms with E-state index in [0.29, 0.717) is 21.2 Å². The van der Waals surface area contributed by atoms with Crippen LogP contribution in [0, 0.1) is 0 Å². The van der Waals surface area contributed by atoms with Gasteiger partial charge in [-0.15, -0.1) is 0 Å². The number of halogens is 2. The van der Waals surface area contributed by atoms with Crippen LogP contribution in [0.2, 0.25) is 10.0 Å². The molecule has 5 heteroatoms. The van der Waals surface area contributed by atoms with Crippen molar-refractivity contribution in [1.29, 1.82) is 0 Å². The molecule has 0 amide bonds. The fourth-order valence-electron chi connectivity index (χ4n) is 1.87. The van der Waals surface area contributed by atoms with Crippen LogP contribution in [0.25, 0.3) is 0 Å². The van der Waals surface area contributed by atoms with Gasteiger partial charge in [0.15, 0.2) is 0 Å². The first-order chi connectivity index (χ1) is 9.05. The summed E-state index contributed by atoms with van der Waals surface area (Å²) < 4.78 is 0. The molecule has 1 aromatic carbocycles. The number of hydrogen-bond acceptors (Lipinski definition) is 3. The van der Waals surface area contributed by atoms with Gasteiger partial charge in [-0.1, -0.05) is 35.3 Å². The van der Waals surface area contributed by atoms with Crippen LogP contribution in [0.5, 0.6) is 0 Å². The zero-order chi connectivity index (χ0) is 13.9. The number of aliphatic hydroxyl groups excluding tert-OH is 1.